The summed E-state index contributed by atoms with van der Waals surface area (Å²) in [6.07, 6.45) is 5.78. The number of carbonyl (C=O) groups is 1. The number of allylic oxidation sites excluding steroid dienone is 1. The highest BCUT2D eigenvalue weighted by Gasteiger charge is 2.14. The maximum atomic E-state index is 12.6. The number of carbonyl (C=O) groups excluding carboxylic acids is 1. The summed E-state index contributed by atoms with van der Waals surface area (Å²) in [5.41, 5.74) is 2.61. The van der Waals surface area contributed by atoms with Gasteiger partial charge in [0.2, 0.25) is 0 Å². The second kappa shape index (κ2) is 12.1. The molecule has 4 rings (SSSR count). The number of methoxy groups -OCH3 is 1. The van der Waals surface area contributed by atoms with E-state index in [1.807, 2.05) is 48.5 Å². The first kappa shape index (κ1) is 24.4. The number of nitrogens with one attached hydrogen (secondary N) is 1. The van der Waals surface area contributed by atoms with Gasteiger partial charge in [-0.05, 0) is 85.1 Å². The van der Waals surface area contributed by atoms with Crippen LogP contribution in [-0.2, 0) is 17.8 Å². The van der Waals surface area contributed by atoms with Crippen LogP contribution in [0.15, 0.2) is 72.8 Å². The number of aromatic hydroxyl groups is 1. The van der Waals surface area contributed by atoms with E-state index in [1.54, 1.807) is 24.3 Å². The number of hydrogen-bond acceptors (Lipinski definition) is 6. The van der Waals surface area contributed by atoms with E-state index in [0.717, 1.165) is 54.1 Å². The van der Waals surface area contributed by atoms with Crippen LogP contribution < -0.4 is 19.5 Å². The predicted molar refractivity (Wildman–Crippen MR) is 136 cm³/mol. The first-order valence-corrected chi connectivity index (χ1v) is 11.9. The summed E-state index contributed by atoms with van der Waals surface area (Å²) in [5.74, 6) is 2.00. The second-order valence-corrected chi connectivity index (χ2v) is 8.50. The van der Waals surface area contributed by atoms with Crippen LogP contribution in [0.2, 0.25) is 0 Å². The van der Waals surface area contributed by atoms with Crippen LogP contribution >= 0.6 is 0 Å². The zero-order valence-corrected chi connectivity index (χ0v) is 19.9. The topological polar surface area (TPSA) is 77.0 Å². The van der Waals surface area contributed by atoms with Crippen molar-refractivity contribution < 1.29 is 24.1 Å². The summed E-state index contributed by atoms with van der Waals surface area (Å²) in [5, 5.41) is 13.2. The average Bonchev–Trinajstić information content (AvgIpc) is 2.88. The molecular weight excluding hydrogens is 442 g/mol. The van der Waals surface area contributed by atoms with E-state index in [4.69, 9.17) is 14.2 Å². The molecule has 3 aromatic carbocycles. The lowest BCUT2D eigenvalue weighted by Gasteiger charge is -2.23. The highest BCUT2D eigenvalue weighted by atomic mass is 16.5. The third kappa shape index (κ3) is 7.11. The van der Waals surface area contributed by atoms with Gasteiger partial charge in [-0.2, -0.15) is 0 Å². The Labute approximate surface area is 206 Å². The van der Waals surface area contributed by atoms with E-state index in [9.17, 15) is 9.90 Å². The Kier molecular flexibility index (Phi) is 8.41. The van der Waals surface area contributed by atoms with Crippen LogP contribution in [0, 0.1) is 0 Å². The van der Waals surface area contributed by atoms with Gasteiger partial charge in [0.1, 0.15) is 24.2 Å². The van der Waals surface area contributed by atoms with Gasteiger partial charge >= 0.3 is 0 Å². The largest absolute Gasteiger partial charge is 0.504 e. The minimum absolute atomic E-state index is 0.0350. The monoisotopic (exact) mass is 473 g/mol. The van der Waals surface area contributed by atoms with E-state index >= 15 is 0 Å². The number of phenolic OH excluding ortho intramolecular Hbond substituents is 1. The molecule has 0 aliphatic carbocycles. The van der Waals surface area contributed by atoms with Crippen LogP contribution in [0.5, 0.6) is 23.0 Å². The molecule has 1 heterocycles. The van der Waals surface area contributed by atoms with Crippen molar-refractivity contribution in [2.24, 2.45) is 0 Å². The molecule has 0 radical (unpaired) electrons. The standard InChI is InChI=1S/C29H31NO5/c1-33-29-13-7-21(18-28(29)32)6-8-24(31)19-22-4-2-3-5-23(22)20-34-25-9-11-26(12-10-25)35-27-14-16-30-17-15-27/h2-13,18,27,30,32H,14-17,19-20H2,1H3/b8-6+. The minimum atomic E-state index is -0.0350. The van der Waals surface area contributed by atoms with Gasteiger partial charge < -0.3 is 24.6 Å². The van der Waals surface area contributed by atoms with Crippen LogP contribution in [0.1, 0.15) is 29.5 Å². The van der Waals surface area contributed by atoms with Crippen molar-refractivity contribution in [2.45, 2.75) is 32.0 Å². The molecule has 0 atom stereocenters. The molecule has 3 aromatic rings. The number of piperidine rings is 1. The van der Waals surface area contributed by atoms with Crippen LogP contribution in [0.3, 0.4) is 0 Å². The fraction of sp³-hybridized carbons (Fsp3) is 0.276. The Morgan fingerprint density at radius 3 is 2.43 bits per heavy atom. The molecule has 0 bridgehead atoms. The lowest BCUT2D eigenvalue weighted by Crippen LogP contribution is -2.34. The molecule has 1 aliphatic heterocycles. The number of hydrogen-bond donors (Lipinski definition) is 2. The fourth-order valence-corrected chi connectivity index (χ4v) is 4.00. The fourth-order valence-electron chi connectivity index (χ4n) is 4.00. The zero-order valence-electron chi connectivity index (χ0n) is 19.9. The van der Waals surface area contributed by atoms with Crippen LogP contribution in [-0.4, -0.2) is 37.2 Å². The summed E-state index contributed by atoms with van der Waals surface area (Å²) >= 11 is 0. The van der Waals surface area contributed by atoms with Gasteiger partial charge in [0.15, 0.2) is 17.3 Å². The summed E-state index contributed by atoms with van der Waals surface area (Å²) in [4.78, 5) is 12.6. The number of ether oxygens (including phenoxy) is 3. The van der Waals surface area contributed by atoms with Gasteiger partial charge in [-0.15, -0.1) is 0 Å². The predicted octanol–water partition coefficient (Wildman–Crippen LogP) is 4.94. The molecule has 182 valence electrons. The first-order valence-electron chi connectivity index (χ1n) is 11.9. The molecule has 6 heteroatoms. The van der Waals surface area contributed by atoms with Gasteiger partial charge in [0.05, 0.1) is 7.11 Å². The normalized spacial score (nSPS) is 14.1. The Bertz CT molecular complexity index is 1150. The van der Waals surface area contributed by atoms with Crippen molar-refractivity contribution in [3.8, 4) is 23.0 Å². The summed E-state index contributed by atoms with van der Waals surface area (Å²) < 4.78 is 17.1. The molecular formula is C29H31NO5. The molecule has 6 nitrogen and oxygen atoms in total. The van der Waals surface area contributed by atoms with E-state index < -0.39 is 0 Å². The molecule has 0 saturated carbocycles. The van der Waals surface area contributed by atoms with Crippen molar-refractivity contribution in [3.05, 3.63) is 89.5 Å². The van der Waals surface area contributed by atoms with Gasteiger partial charge in [0.25, 0.3) is 0 Å². The third-order valence-electron chi connectivity index (χ3n) is 5.95. The first-order chi connectivity index (χ1) is 17.1. The highest BCUT2D eigenvalue weighted by Crippen LogP contribution is 2.27. The van der Waals surface area contributed by atoms with Crippen molar-refractivity contribution in [2.75, 3.05) is 20.2 Å². The Balaban J connectivity index is 1.32. The van der Waals surface area contributed by atoms with Crippen LogP contribution in [0.4, 0.5) is 0 Å². The van der Waals surface area contributed by atoms with E-state index in [1.165, 1.54) is 13.2 Å². The molecule has 0 spiro atoms. The molecule has 1 saturated heterocycles. The van der Waals surface area contributed by atoms with Crippen molar-refractivity contribution >= 4 is 11.9 Å². The molecule has 0 amide bonds. The third-order valence-corrected chi connectivity index (χ3v) is 5.95. The van der Waals surface area contributed by atoms with E-state index in [-0.39, 0.29) is 24.1 Å². The van der Waals surface area contributed by atoms with E-state index in [0.29, 0.717) is 12.4 Å². The number of benzene rings is 3. The maximum Gasteiger partial charge on any atom is 0.160 e. The number of rotatable bonds is 10. The van der Waals surface area contributed by atoms with Gasteiger partial charge in [-0.25, -0.2) is 0 Å². The van der Waals surface area contributed by atoms with Gasteiger partial charge in [-0.3, -0.25) is 4.79 Å². The smallest absolute Gasteiger partial charge is 0.160 e. The quantitative estimate of drug-likeness (QED) is 0.407. The number of phenols is 1. The average molecular weight is 474 g/mol. The lowest BCUT2D eigenvalue weighted by atomic mass is 10.0. The summed E-state index contributed by atoms with van der Waals surface area (Å²) in [6, 6.07) is 20.5. The molecule has 0 unspecified atom stereocenters. The molecule has 1 aliphatic rings. The Hall–Kier alpha value is -3.77. The molecule has 0 aromatic heterocycles. The van der Waals surface area contributed by atoms with Gasteiger partial charge in [-0.1, -0.05) is 36.4 Å². The summed E-state index contributed by atoms with van der Waals surface area (Å²) in [7, 11) is 1.50. The summed E-state index contributed by atoms with van der Waals surface area (Å²) in [6.45, 7) is 2.36. The second-order valence-electron chi connectivity index (χ2n) is 8.50. The maximum absolute atomic E-state index is 12.6. The molecule has 35 heavy (non-hydrogen) atoms. The lowest BCUT2D eigenvalue weighted by molar-refractivity contribution is -0.113. The SMILES string of the molecule is COc1ccc(/C=C/C(=O)Cc2ccccc2COc2ccc(OC3CCNCC3)cc2)cc1O. The van der Waals surface area contributed by atoms with Crippen molar-refractivity contribution in [3.63, 3.8) is 0 Å². The molecule has 2 N–H and O–H groups in total. The minimum Gasteiger partial charge on any atom is -0.504 e. The number of ketones is 1. The highest BCUT2D eigenvalue weighted by molar-refractivity contribution is 5.95. The Morgan fingerprint density at radius 1 is 1.00 bits per heavy atom. The Morgan fingerprint density at radius 2 is 1.71 bits per heavy atom. The van der Waals surface area contributed by atoms with Gasteiger partial charge in [0, 0.05) is 6.42 Å². The van der Waals surface area contributed by atoms with Crippen LogP contribution in [0.25, 0.3) is 6.08 Å². The zero-order chi connectivity index (χ0) is 24.5. The van der Waals surface area contributed by atoms with E-state index in [2.05, 4.69) is 5.32 Å². The van der Waals surface area contributed by atoms with Crippen molar-refractivity contribution in [1.29, 1.82) is 0 Å². The van der Waals surface area contributed by atoms with Crippen molar-refractivity contribution in [1.82, 2.24) is 5.32 Å². The molecule has 1 fully saturated rings.